The fourth-order valence-corrected chi connectivity index (χ4v) is 7.50. The summed E-state index contributed by atoms with van der Waals surface area (Å²) in [4.78, 5) is 61.0. The molecule has 1 aromatic heterocycles. The van der Waals surface area contributed by atoms with Gasteiger partial charge in [-0.25, -0.2) is 4.39 Å². The van der Waals surface area contributed by atoms with Crippen molar-refractivity contribution in [2.24, 2.45) is 23.5 Å². The molecule has 0 radical (unpaired) electrons. The second-order valence-corrected chi connectivity index (χ2v) is 14.5. The Morgan fingerprint density at radius 3 is 2.42 bits per heavy atom. The molecule has 0 bridgehead atoms. The molecular formula is C39H41ClFN5O6. The van der Waals surface area contributed by atoms with Gasteiger partial charge in [0.1, 0.15) is 17.6 Å². The van der Waals surface area contributed by atoms with Crippen LogP contribution in [0, 0.1) is 23.6 Å². The van der Waals surface area contributed by atoms with Crippen LogP contribution in [0.15, 0.2) is 72.9 Å². The molecule has 2 aliphatic heterocycles. The SMILES string of the molecule is C[C@@H](OCc1ccc(F)cc1)[C@H](NC(=O)C1CN(C(=O)Cc2c[nH]c3cc(Cl)ccc23)CC2CN(C(=O)c3ccc(OC4CC4)cc3)CC21)C(N)=O. The Bertz CT molecular complexity index is 1970. The molecule has 3 fully saturated rings. The molecule has 272 valence electrons. The molecular weight excluding hydrogens is 689 g/mol. The second-order valence-electron chi connectivity index (χ2n) is 14.1. The van der Waals surface area contributed by atoms with Crippen LogP contribution in [0.1, 0.15) is 41.3 Å². The van der Waals surface area contributed by atoms with Gasteiger partial charge >= 0.3 is 0 Å². The first kappa shape index (κ1) is 35.5. The summed E-state index contributed by atoms with van der Waals surface area (Å²) in [6.45, 7) is 2.85. The largest absolute Gasteiger partial charge is 0.490 e. The van der Waals surface area contributed by atoms with Gasteiger partial charge in [-0.3, -0.25) is 19.2 Å². The van der Waals surface area contributed by atoms with Crippen molar-refractivity contribution in [1.29, 1.82) is 0 Å². The van der Waals surface area contributed by atoms with Crippen molar-refractivity contribution >= 4 is 46.1 Å². The third-order valence-electron chi connectivity index (χ3n) is 10.4. The Balaban J connectivity index is 1.08. The smallest absolute Gasteiger partial charge is 0.253 e. The number of rotatable bonds is 12. The van der Waals surface area contributed by atoms with E-state index in [4.69, 9.17) is 26.8 Å². The van der Waals surface area contributed by atoms with Crippen LogP contribution in [0.5, 0.6) is 5.75 Å². The zero-order valence-electron chi connectivity index (χ0n) is 28.7. The Morgan fingerprint density at radius 2 is 1.71 bits per heavy atom. The predicted molar refractivity (Wildman–Crippen MR) is 192 cm³/mol. The summed E-state index contributed by atoms with van der Waals surface area (Å²) < 4.78 is 25.1. The lowest BCUT2D eigenvalue weighted by Gasteiger charge is -2.40. The van der Waals surface area contributed by atoms with Crippen LogP contribution >= 0.6 is 11.6 Å². The molecule has 3 aliphatic rings. The number of likely N-dealkylation sites (tertiary alicyclic amines) is 2. The van der Waals surface area contributed by atoms with E-state index in [9.17, 15) is 23.6 Å². The topological polar surface area (TPSA) is 147 Å². The van der Waals surface area contributed by atoms with Crippen LogP contribution < -0.4 is 15.8 Å². The summed E-state index contributed by atoms with van der Waals surface area (Å²) in [5, 5.41) is 4.27. The number of benzene rings is 3. The molecule has 3 unspecified atom stereocenters. The zero-order valence-corrected chi connectivity index (χ0v) is 29.5. The van der Waals surface area contributed by atoms with Gasteiger partial charge in [-0.1, -0.05) is 29.8 Å². The highest BCUT2D eigenvalue weighted by Gasteiger charge is 2.48. The number of piperidine rings is 1. The molecule has 3 heterocycles. The van der Waals surface area contributed by atoms with Crippen molar-refractivity contribution in [3.63, 3.8) is 0 Å². The number of primary amides is 1. The van der Waals surface area contributed by atoms with E-state index in [0.29, 0.717) is 35.8 Å². The first-order chi connectivity index (χ1) is 25.0. The molecule has 52 heavy (non-hydrogen) atoms. The van der Waals surface area contributed by atoms with Gasteiger partial charge < -0.3 is 35.3 Å². The van der Waals surface area contributed by atoms with E-state index in [1.54, 1.807) is 71.5 Å². The molecule has 7 rings (SSSR count). The van der Waals surface area contributed by atoms with Crippen molar-refractivity contribution in [1.82, 2.24) is 20.1 Å². The minimum atomic E-state index is -1.17. The van der Waals surface area contributed by atoms with Crippen molar-refractivity contribution in [2.75, 3.05) is 26.2 Å². The van der Waals surface area contributed by atoms with Gasteiger partial charge in [0.15, 0.2) is 0 Å². The molecule has 0 spiro atoms. The maximum absolute atomic E-state index is 14.2. The minimum Gasteiger partial charge on any atom is -0.490 e. The summed E-state index contributed by atoms with van der Waals surface area (Å²) in [6, 6.07) is 17.1. The van der Waals surface area contributed by atoms with E-state index in [0.717, 1.165) is 35.1 Å². The number of carbonyl (C=O) groups is 4. The Labute approximate surface area is 305 Å². The molecule has 5 atom stereocenters. The fourth-order valence-electron chi connectivity index (χ4n) is 7.32. The highest BCUT2D eigenvalue weighted by molar-refractivity contribution is 6.31. The summed E-state index contributed by atoms with van der Waals surface area (Å²) >= 11 is 6.16. The van der Waals surface area contributed by atoms with Gasteiger partial charge in [0, 0.05) is 53.9 Å². The maximum Gasteiger partial charge on any atom is 0.253 e. The van der Waals surface area contributed by atoms with Crippen LogP contribution in [0.3, 0.4) is 0 Å². The van der Waals surface area contributed by atoms with E-state index in [1.165, 1.54) is 12.1 Å². The van der Waals surface area contributed by atoms with E-state index in [2.05, 4.69) is 10.3 Å². The van der Waals surface area contributed by atoms with Crippen molar-refractivity contribution in [3.8, 4) is 5.75 Å². The molecule has 4 N–H and O–H groups in total. The van der Waals surface area contributed by atoms with Gasteiger partial charge in [0.25, 0.3) is 5.91 Å². The first-order valence-electron chi connectivity index (χ1n) is 17.6. The van der Waals surface area contributed by atoms with Crippen molar-refractivity contribution in [3.05, 3.63) is 100 Å². The molecule has 4 amide bonds. The van der Waals surface area contributed by atoms with Gasteiger partial charge in [-0.2, -0.15) is 0 Å². The molecule has 13 heteroatoms. The lowest BCUT2D eigenvalue weighted by Crippen LogP contribution is -2.58. The number of nitrogens with two attached hydrogens (primary N) is 1. The summed E-state index contributed by atoms with van der Waals surface area (Å²) in [7, 11) is 0. The standard InChI is InChI=1S/C39H41ClFN5O6/c1-22(51-21-23-2-7-28(41)8-3-23)36(37(42)48)44-38(49)33-20-45(35(47)14-25-16-43-34-15-27(40)6-13-31(25)34)17-26-18-46(19-32(26)33)39(50)24-4-9-29(10-5-24)52-30-11-12-30/h2-10,13,15-16,22,26,30,32-33,36,43H,11-12,14,17-21H2,1H3,(H2,42,48)(H,44,49)/t22-,26?,32?,33?,36+/m1/s1. The quantitative estimate of drug-likeness (QED) is 0.196. The normalized spacial score (nSPS) is 21.0. The number of nitrogens with one attached hydrogen (secondary N) is 2. The Kier molecular flexibility index (Phi) is 10.2. The highest BCUT2D eigenvalue weighted by Crippen LogP contribution is 2.37. The number of carbonyl (C=O) groups excluding carboxylic acids is 4. The molecule has 3 aromatic carbocycles. The molecule has 1 saturated carbocycles. The van der Waals surface area contributed by atoms with E-state index in [1.807, 2.05) is 6.07 Å². The van der Waals surface area contributed by atoms with E-state index >= 15 is 0 Å². The third kappa shape index (κ3) is 7.93. The average molecular weight is 730 g/mol. The van der Waals surface area contributed by atoms with Crippen molar-refractivity contribution < 1.29 is 33.0 Å². The number of aromatic nitrogens is 1. The number of halogens is 2. The van der Waals surface area contributed by atoms with Crippen molar-refractivity contribution in [2.45, 2.75) is 51.0 Å². The fraction of sp³-hybridized carbons (Fsp3) is 0.385. The number of amides is 4. The minimum absolute atomic E-state index is 0.0717. The van der Waals surface area contributed by atoms with Gasteiger partial charge in [-0.15, -0.1) is 0 Å². The van der Waals surface area contributed by atoms with Crippen LogP contribution in [-0.2, 0) is 32.1 Å². The summed E-state index contributed by atoms with van der Waals surface area (Å²) in [5.74, 6) is -2.41. The number of H-pyrrole nitrogens is 1. The summed E-state index contributed by atoms with van der Waals surface area (Å²) in [5.41, 5.74) is 8.58. The van der Waals surface area contributed by atoms with Gasteiger partial charge in [0.05, 0.1) is 31.2 Å². The molecule has 11 nitrogen and oxygen atoms in total. The molecule has 4 aromatic rings. The Hall–Kier alpha value is -4.94. The van der Waals surface area contributed by atoms with Gasteiger partial charge in [0.2, 0.25) is 17.7 Å². The maximum atomic E-state index is 14.2. The average Bonchev–Trinajstić information content (AvgIpc) is 3.70. The van der Waals surface area contributed by atoms with Crippen LogP contribution in [-0.4, -0.2) is 82.8 Å². The lowest BCUT2D eigenvalue weighted by atomic mass is 9.79. The van der Waals surface area contributed by atoms with Gasteiger partial charge in [-0.05, 0) is 91.3 Å². The number of ether oxygens (including phenoxy) is 2. The van der Waals surface area contributed by atoms with E-state index in [-0.39, 0.29) is 55.1 Å². The lowest BCUT2D eigenvalue weighted by molar-refractivity contribution is -0.141. The number of aromatic amines is 1. The number of hydrogen-bond acceptors (Lipinski definition) is 6. The number of nitrogens with zero attached hydrogens (tertiary/aromatic N) is 2. The molecule has 1 aliphatic carbocycles. The molecule has 2 saturated heterocycles. The zero-order chi connectivity index (χ0) is 36.5. The highest BCUT2D eigenvalue weighted by atomic mass is 35.5. The number of fused-ring (bicyclic) bond motifs is 2. The van der Waals surface area contributed by atoms with Crippen LogP contribution in [0.25, 0.3) is 10.9 Å². The van der Waals surface area contributed by atoms with Crippen LogP contribution in [0.4, 0.5) is 4.39 Å². The predicted octanol–water partition coefficient (Wildman–Crippen LogP) is 4.47. The van der Waals surface area contributed by atoms with Crippen LogP contribution in [0.2, 0.25) is 5.02 Å². The third-order valence-corrected chi connectivity index (χ3v) is 10.6. The monoisotopic (exact) mass is 729 g/mol. The second kappa shape index (κ2) is 15.0. The summed E-state index contributed by atoms with van der Waals surface area (Å²) in [6.07, 6.45) is 3.38. The number of hydrogen-bond donors (Lipinski definition) is 3. The Morgan fingerprint density at radius 1 is 0.981 bits per heavy atom. The van der Waals surface area contributed by atoms with E-state index < -0.39 is 29.9 Å². The first-order valence-corrected chi connectivity index (χ1v) is 17.9.